The molecule has 0 saturated carbocycles. The van der Waals surface area contributed by atoms with Crippen molar-refractivity contribution < 1.29 is 0 Å². The molecule has 0 nitrogen and oxygen atoms in total. The average molecular weight is 557 g/mol. The summed E-state index contributed by atoms with van der Waals surface area (Å²) in [5.74, 6) is 5.07. The van der Waals surface area contributed by atoms with E-state index < -0.39 is 0 Å². The van der Waals surface area contributed by atoms with Crippen LogP contribution in [-0.2, 0) is 0 Å². The van der Waals surface area contributed by atoms with Crippen LogP contribution in [0, 0.1) is 35.5 Å². The summed E-state index contributed by atoms with van der Waals surface area (Å²) >= 11 is 0. The van der Waals surface area contributed by atoms with E-state index in [9.17, 15) is 0 Å². The Morgan fingerprint density at radius 2 is 0.263 bits per heavy atom. The molecule has 0 unspecified atom stereocenters. The summed E-state index contributed by atoms with van der Waals surface area (Å²) in [4.78, 5) is 0. The first-order chi connectivity index (χ1) is 17.6. The third-order valence-electron chi connectivity index (χ3n) is 2.67. The van der Waals surface area contributed by atoms with Crippen LogP contribution in [0.25, 0.3) is 0 Å². The van der Waals surface area contributed by atoms with E-state index in [0.717, 1.165) is 35.5 Å². The number of hydrogen-bond acceptors (Lipinski definition) is 0. The fourth-order valence-electron chi connectivity index (χ4n) is 0. The van der Waals surface area contributed by atoms with Gasteiger partial charge in [-0.2, -0.15) is 0 Å². The molecule has 0 aromatic heterocycles. The Kier molecular flexibility index (Phi) is 243. The van der Waals surface area contributed by atoms with E-state index in [0.29, 0.717) is 0 Å². The van der Waals surface area contributed by atoms with Gasteiger partial charge in [0, 0.05) is 0 Å². The molecule has 0 rings (SSSR count). The van der Waals surface area contributed by atoms with Gasteiger partial charge in [-0.05, 0) is 35.5 Å². The molecule has 252 valence electrons. The third kappa shape index (κ3) is 689. The first-order valence-corrected chi connectivity index (χ1v) is 17.6. The van der Waals surface area contributed by atoms with E-state index in [4.69, 9.17) is 0 Å². The van der Waals surface area contributed by atoms with Crippen LogP contribution in [0.5, 0.6) is 0 Å². The lowest BCUT2D eigenvalue weighted by molar-refractivity contribution is 0.457. The topological polar surface area (TPSA) is 0 Å². The lowest BCUT2D eigenvalue weighted by Crippen LogP contribution is -1.95. The van der Waals surface area contributed by atoms with Gasteiger partial charge >= 0.3 is 0 Å². The summed E-state index contributed by atoms with van der Waals surface area (Å²) in [7, 11) is 0. The summed E-state index contributed by atoms with van der Waals surface area (Å²) < 4.78 is 0. The van der Waals surface area contributed by atoms with E-state index in [1.54, 1.807) is 0 Å². The highest BCUT2D eigenvalue weighted by atomic mass is 14.0. The molecule has 0 heterocycles. The molecule has 0 N–H and O–H groups in total. The van der Waals surface area contributed by atoms with Crippen LogP contribution in [0.3, 0.4) is 0 Å². The molecule has 0 radical (unpaired) electrons. The second-order valence-electron chi connectivity index (χ2n) is 9.85. The van der Waals surface area contributed by atoms with Crippen molar-refractivity contribution in [2.24, 2.45) is 35.5 Å². The monoisotopic (exact) mass is 557 g/mol. The largest absolute Gasteiger partial charge is 0.0683 e. The zero-order valence-corrected chi connectivity index (χ0v) is 34.9. The Hall–Kier alpha value is 0. The van der Waals surface area contributed by atoms with E-state index in [-0.39, 0.29) is 0 Å². The maximum Gasteiger partial charge on any atom is -0.0448 e. The lowest BCUT2D eigenvalue weighted by Gasteiger charge is -2.05. The smallest absolute Gasteiger partial charge is 0.0448 e. The molecule has 0 atom stereocenters. The number of rotatable bonds is 2. The lowest BCUT2D eigenvalue weighted by atomic mass is 10.0. The van der Waals surface area contributed by atoms with Crippen molar-refractivity contribution in [2.75, 3.05) is 0 Å². The highest BCUT2D eigenvalue weighted by Crippen LogP contribution is 2.06. The summed E-state index contributed by atoms with van der Waals surface area (Å²) in [6, 6.07) is 0. The minimum Gasteiger partial charge on any atom is -0.0683 e. The normalized spacial score (nSPS) is 7.26. The molecule has 0 spiro atoms. The van der Waals surface area contributed by atoms with Gasteiger partial charge in [0.15, 0.2) is 0 Å². The molecule has 38 heavy (non-hydrogen) atoms. The van der Waals surface area contributed by atoms with Crippen LogP contribution in [0.15, 0.2) is 0 Å². The van der Waals surface area contributed by atoms with Crippen LogP contribution < -0.4 is 0 Å². The molecule has 0 saturated heterocycles. The quantitative estimate of drug-likeness (QED) is 0.317. The minimum absolute atomic E-state index is 0.833. The van der Waals surface area contributed by atoms with E-state index in [2.05, 4.69) is 125 Å². The molecule has 0 amide bonds. The molecule has 0 fully saturated rings. The van der Waals surface area contributed by atoms with Crippen molar-refractivity contribution in [1.29, 1.82) is 0 Å². The van der Waals surface area contributed by atoms with Gasteiger partial charge in [-0.25, -0.2) is 0 Å². The van der Waals surface area contributed by atoms with Crippen LogP contribution in [0.2, 0.25) is 0 Å². The van der Waals surface area contributed by atoms with Gasteiger partial charge in [0.2, 0.25) is 0 Å². The molecule has 0 aromatic rings. The summed E-state index contributed by atoms with van der Waals surface area (Å²) in [6.07, 6.45) is 2.50. The SMILES string of the molecule is CC.CC.CC.CC.CC.CC.CC(C)C.CC(C)C.CC(C)C(C)C.CC(C)C(C)C.CCC.CCC. The molecule has 0 heteroatoms. The van der Waals surface area contributed by atoms with Gasteiger partial charge in [0.1, 0.15) is 0 Å². The van der Waals surface area contributed by atoms with Crippen LogP contribution in [0.1, 0.15) is 221 Å². The minimum atomic E-state index is 0.833. The van der Waals surface area contributed by atoms with Gasteiger partial charge in [0.25, 0.3) is 0 Å². The molecule has 0 aliphatic heterocycles. The fourth-order valence-corrected chi connectivity index (χ4v) is 0. The highest BCUT2D eigenvalue weighted by Gasteiger charge is 1.96. The first-order valence-electron chi connectivity index (χ1n) is 17.6. The Morgan fingerprint density at radius 1 is 0.237 bits per heavy atom. The summed E-state index contributed by atoms with van der Waals surface area (Å²) in [5.41, 5.74) is 0. The zero-order valence-electron chi connectivity index (χ0n) is 34.9. The predicted molar refractivity (Wildman–Crippen MR) is 200 cm³/mol. The van der Waals surface area contributed by atoms with Gasteiger partial charge in [0.05, 0.1) is 0 Å². The van der Waals surface area contributed by atoms with Gasteiger partial charge in [-0.1, -0.05) is 221 Å². The van der Waals surface area contributed by atoms with E-state index in [1.165, 1.54) is 12.8 Å². The van der Waals surface area contributed by atoms with E-state index in [1.807, 2.05) is 83.1 Å². The predicted octanol–water partition coefficient (Wildman–Crippen LogP) is 16.9. The number of hydrogen-bond donors (Lipinski definition) is 0. The van der Waals surface area contributed by atoms with Crippen molar-refractivity contribution in [3.8, 4) is 0 Å². The van der Waals surface area contributed by atoms with Crippen molar-refractivity contribution in [2.45, 2.75) is 221 Å². The second kappa shape index (κ2) is 120. The molecule has 0 aliphatic carbocycles. The van der Waals surface area contributed by atoms with Gasteiger partial charge in [-0.3, -0.25) is 0 Å². The maximum absolute atomic E-state index is 2.24. The molecular formula is C38H100. The maximum atomic E-state index is 2.24. The van der Waals surface area contributed by atoms with E-state index >= 15 is 0 Å². The zero-order chi connectivity index (χ0) is 34.9. The Labute approximate surface area is 255 Å². The molecule has 0 aromatic carbocycles. The fraction of sp³-hybridized carbons (Fsp3) is 1.00. The molecule has 0 aliphatic rings. The van der Waals surface area contributed by atoms with Crippen molar-refractivity contribution >= 4 is 0 Å². The van der Waals surface area contributed by atoms with Crippen molar-refractivity contribution in [3.05, 3.63) is 0 Å². The molecule has 0 bridgehead atoms. The van der Waals surface area contributed by atoms with Gasteiger partial charge < -0.3 is 0 Å². The molecular weight excluding hydrogens is 456 g/mol. The Balaban J connectivity index is -0.0000000200. The third-order valence-corrected chi connectivity index (χ3v) is 2.67. The Bertz CT molecular complexity index is 123. The first kappa shape index (κ1) is 77.0. The van der Waals surface area contributed by atoms with Crippen LogP contribution in [-0.4, -0.2) is 0 Å². The second-order valence-corrected chi connectivity index (χ2v) is 9.85. The summed E-state index contributed by atoms with van der Waals surface area (Å²) in [5, 5.41) is 0. The van der Waals surface area contributed by atoms with Crippen molar-refractivity contribution in [3.63, 3.8) is 0 Å². The van der Waals surface area contributed by atoms with Crippen molar-refractivity contribution in [1.82, 2.24) is 0 Å². The highest BCUT2D eigenvalue weighted by molar-refractivity contribution is 4.47. The average Bonchev–Trinajstić information content (AvgIpc) is 2.87. The van der Waals surface area contributed by atoms with Gasteiger partial charge in [-0.15, -0.1) is 0 Å². The van der Waals surface area contributed by atoms with Crippen LogP contribution in [0.4, 0.5) is 0 Å². The summed E-state index contributed by atoms with van der Waals surface area (Å²) in [6.45, 7) is 63.4. The Morgan fingerprint density at radius 3 is 0.263 bits per heavy atom. The standard InChI is InChI=1S/2C6H14.2C4H10.2C3H8.6C2H6/c2*1-5(2)6(3)4;2*1-4(2)3;2*1-3-2;6*1-2/h2*5-6H,1-4H3;2*4H,1-3H3;2*3H2,1-2H3;6*1-2H3. The van der Waals surface area contributed by atoms with Crippen LogP contribution >= 0.6 is 0 Å².